The lowest BCUT2D eigenvalue weighted by Crippen LogP contribution is -2.35. The number of allylic oxidation sites excluding steroid dienone is 5. The number of hydrogen-bond donors (Lipinski definition) is 0. The number of esters is 2. The standard InChI is InChI=1S/C27H41NO9/c1-3-5-7-8-9-10-11-12-13-14-16-21(15-6-4-2)35-24(29)17-18-25(30)36-22-19-33-27-23(37-28(31)32)20-34-26(22)27/h4,6,14-16,22-23,26-27H,3,5,7-13,17-20H2,1-2H3/t22-,23+,26-,27+/m0/s1. The van der Waals surface area contributed by atoms with Crippen LogP contribution in [0.5, 0.6) is 0 Å². The minimum atomic E-state index is -0.893. The summed E-state index contributed by atoms with van der Waals surface area (Å²) in [6.45, 7) is 4.11. The molecule has 0 radical (unpaired) electrons. The number of carbonyl (C=O) groups is 2. The van der Waals surface area contributed by atoms with Crippen LogP contribution in [0.4, 0.5) is 0 Å². The maximum Gasteiger partial charge on any atom is 0.311 e. The molecule has 0 amide bonds. The van der Waals surface area contributed by atoms with Crippen molar-refractivity contribution in [2.75, 3.05) is 13.2 Å². The van der Waals surface area contributed by atoms with Crippen LogP contribution in [0.2, 0.25) is 0 Å². The number of hydrogen-bond acceptors (Lipinski definition) is 9. The predicted molar refractivity (Wildman–Crippen MR) is 136 cm³/mol. The molecular weight excluding hydrogens is 482 g/mol. The topological polar surface area (TPSA) is 123 Å². The molecule has 0 unspecified atom stereocenters. The molecule has 2 fully saturated rings. The molecule has 2 rings (SSSR count). The van der Waals surface area contributed by atoms with E-state index in [-0.39, 0.29) is 26.1 Å². The van der Waals surface area contributed by atoms with Crippen molar-refractivity contribution in [3.8, 4) is 0 Å². The molecule has 0 aromatic heterocycles. The van der Waals surface area contributed by atoms with Crippen molar-refractivity contribution in [3.05, 3.63) is 46.3 Å². The van der Waals surface area contributed by atoms with Gasteiger partial charge in [0.05, 0.1) is 26.1 Å². The molecule has 10 heteroatoms. The summed E-state index contributed by atoms with van der Waals surface area (Å²) < 4.78 is 21.7. The smallest absolute Gasteiger partial charge is 0.311 e. The molecule has 0 bridgehead atoms. The van der Waals surface area contributed by atoms with Gasteiger partial charge in [-0.2, -0.15) is 0 Å². The van der Waals surface area contributed by atoms with Gasteiger partial charge >= 0.3 is 11.9 Å². The van der Waals surface area contributed by atoms with Gasteiger partial charge in [-0.1, -0.05) is 70.1 Å². The Kier molecular flexibility index (Phi) is 14.6. The van der Waals surface area contributed by atoms with Crippen molar-refractivity contribution in [1.29, 1.82) is 0 Å². The largest absolute Gasteiger partial charge is 0.457 e. The normalized spacial score (nSPS) is 23.5. The Morgan fingerprint density at radius 3 is 2.24 bits per heavy atom. The van der Waals surface area contributed by atoms with Crippen LogP contribution >= 0.6 is 0 Å². The second-order valence-electron chi connectivity index (χ2n) is 9.23. The van der Waals surface area contributed by atoms with E-state index in [9.17, 15) is 19.7 Å². The van der Waals surface area contributed by atoms with Gasteiger partial charge in [0.15, 0.2) is 12.2 Å². The fraction of sp³-hybridized carbons (Fsp3) is 0.704. The number of unbranched alkanes of at least 4 members (excludes halogenated alkanes) is 8. The molecule has 0 N–H and O–H groups in total. The first kappa shape index (κ1) is 30.5. The summed E-state index contributed by atoms with van der Waals surface area (Å²) in [5, 5.41) is 9.67. The Balaban J connectivity index is 1.67. The van der Waals surface area contributed by atoms with E-state index in [1.165, 1.54) is 44.9 Å². The molecule has 2 saturated heterocycles. The minimum Gasteiger partial charge on any atom is -0.457 e. The van der Waals surface area contributed by atoms with E-state index < -0.39 is 41.4 Å². The number of rotatable bonds is 18. The highest BCUT2D eigenvalue weighted by molar-refractivity contribution is 5.78. The second kappa shape index (κ2) is 17.7. The average Bonchev–Trinajstić information content (AvgIpc) is 3.45. The summed E-state index contributed by atoms with van der Waals surface area (Å²) in [6, 6.07) is 0. The third-order valence-corrected chi connectivity index (χ3v) is 6.19. The van der Waals surface area contributed by atoms with E-state index in [0.717, 1.165) is 12.8 Å². The summed E-state index contributed by atoms with van der Waals surface area (Å²) in [5.74, 6) is -0.724. The number of nitrogens with zero attached hydrogens (tertiary/aromatic N) is 1. The van der Waals surface area contributed by atoms with Crippen LogP contribution in [0, 0.1) is 10.1 Å². The molecular formula is C27H41NO9. The molecule has 37 heavy (non-hydrogen) atoms. The maximum atomic E-state index is 12.3. The van der Waals surface area contributed by atoms with Gasteiger partial charge in [0.2, 0.25) is 0 Å². The third-order valence-electron chi connectivity index (χ3n) is 6.19. The third kappa shape index (κ3) is 11.9. The second-order valence-corrected chi connectivity index (χ2v) is 9.23. The fourth-order valence-electron chi connectivity index (χ4n) is 4.26. The van der Waals surface area contributed by atoms with Crippen LogP contribution in [0.3, 0.4) is 0 Å². The number of carbonyl (C=O) groups excluding carboxylic acids is 2. The van der Waals surface area contributed by atoms with E-state index >= 15 is 0 Å². The quantitative estimate of drug-likeness (QED) is 0.0599. The summed E-state index contributed by atoms with van der Waals surface area (Å²) in [6.07, 6.45) is 16.9. The molecule has 0 saturated carbocycles. The zero-order valence-electron chi connectivity index (χ0n) is 22.0. The van der Waals surface area contributed by atoms with Crippen LogP contribution in [-0.4, -0.2) is 54.7 Å². The molecule has 0 spiro atoms. The molecule has 2 aliphatic heterocycles. The van der Waals surface area contributed by atoms with Gasteiger partial charge in [0.25, 0.3) is 5.09 Å². The van der Waals surface area contributed by atoms with E-state index in [1.54, 1.807) is 18.2 Å². The van der Waals surface area contributed by atoms with Gasteiger partial charge in [0.1, 0.15) is 18.0 Å². The lowest BCUT2D eigenvalue weighted by atomic mass is 10.1. The van der Waals surface area contributed by atoms with Crippen molar-refractivity contribution in [2.45, 2.75) is 109 Å². The van der Waals surface area contributed by atoms with Crippen molar-refractivity contribution in [1.82, 2.24) is 0 Å². The molecule has 208 valence electrons. The Hall–Kier alpha value is -2.72. The SMILES string of the molecule is CC=CC=C(C=CCCCCCCCCCC)OC(=O)CCC(=O)O[C@H]1CO[C@H]2[C@H]1OC[C@H]2O[N+](=O)[O-]. The Bertz CT molecular complexity index is 808. The highest BCUT2D eigenvalue weighted by Crippen LogP contribution is 2.30. The van der Waals surface area contributed by atoms with Crippen molar-refractivity contribution in [3.63, 3.8) is 0 Å². The maximum absolute atomic E-state index is 12.3. The van der Waals surface area contributed by atoms with Gasteiger partial charge in [-0.25, -0.2) is 0 Å². The fourth-order valence-corrected chi connectivity index (χ4v) is 4.26. The van der Waals surface area contributed by atoms with Gasteiger partial charge < -0.3 is 23.8 Å². The van der Waals surface area contributed by atoms with Gasteiger partial charge in [0, 0.05) is 0 Å². The van der Waals surface area contributed by atoms with Gasteiger partial charge in [-0.3, -0.25) is 9.59 Å². The molecule has 0 aliphatic carbocycles. The molecule has 4 atom stereocenters. The highest BCUT2D eigenvalue weighted by Gasteiger charge is 2.51. The summed E-state index contributed by atoms with van der Waals surface area (Å²) in [7, 11) is 0. The van der Waals surface area contributed by atoms with E-state index in [4.69, 9.17) is 18.9 Å². The zero-order valence-corrected chi connectivity index (χ0v) is 22.0. The summed E-state index contributed by atoms with van der Waals surface area (Å²) in [5.41, 5.74) is 0. The van der Waals surface area contributed by atoms with Crippen LogP contribution in [0.15, 0.2) is 36.1 Å². The van der Waals surface area contributed by atoms with Crippen molar-refractivity contribution in [2.24, 2.45) is 0 Å². The Labute approximate surface area is 219 Å². The number of ether oxygens (including phenoxy) is 4. The molecule has 2 aliphatic rings. The van der Waals surface area contributed by atoms with Gasteiger partial charge in [-0.15, -0.1) is 10.1 Å². The van der Waals surface area contributed by atoms with Crippen molar-refractivity contribution >= 4 is 11.9 Å². The molecule has 2 heterocycles. The summed E-state index contributed by atoms with van der Waals surface area (Å²) >= 11 is 0. The minimum absolute atomic E-state index is 0.0232. The first-order valence-corrected chi connectivity index (χ1v) is 13.4. The zero-order chi connectivity index (χ0) is 26.9. The Morgan fingerprint density at radius 1 is 0.946 bits per heavy atom. The van der Waals surface area contributed by atoms with Crippen molar-refractivity contribution < 1.29 is 38.5 Å². The van der Waals surface area contributed by atoms with Gasteiger partial charge in [-0.05, 0) is 31.9 Å². The first-order chi connectivity index (χ1) is 17.9. The molecule has 0 aromatic rings. The van der Waals surface area contributed by atoms with Crippen LogP contribution in [-0.2, 0) is 33.4 Å². The molecule has 0 aromatic carbocycles. The lowest BCUT2D eigenvalue weighted by Gasteiger charge is -2.16. The number of fused-ring (bicyclic) bond motifs is 1. The van der Waals surface area contributed by atoms with Crippen LogP contribution in [0.1, 0.15) is 84.5 Å². The monoisotopic (exact) mass is 523 g/mol. The highest BCUT2D eigenvalue weighted by atomic mass is 17.0. The summed E-state index contributed by atoms with van der Waals surface area (Å²) in [4.78, 5) is 39.7. The van der Waals surface area contributed by atoms with Crippen LogP contribution in [0.25, 0.3) is 0 Å². The van der Waals surface area contributed by atoms with E-state index in [2.05, 4.69) is 11.8 Å². The predicted octanol–water partition coefficient (Wildman–Crippen LogP) is 5.14. The molecule has 10 nitrogen and oxygen atoms in total. The Morgan fingerprint density at radius 2 is 1.57 bits per heavy atom. The first-order valence-electron chi connectivity index (χ1n) is 13.4. The van der Waals surface area contributed by atoms with Crippen LogP contribution < -0.4 is 0 Å². The average molecular weight is 524 g/mol. The lowest BCUT2D eigenvalue weighted by molar-refractivity contribution is -0.769. The van der Waals surface area contributed by atoms with E-state index in [1.807, 2.05) is 19.1 Å². The van der Waals surface area contributed by atoms with E-state index in [0.29, 0.717) is 5.76 Å².